The van der Waals surface area contributed by atoms with Gasteiger partial charge >= 0.3 is 11.9 Å². The number of hydrogen-bond acceptors (Lipinski definition) is 9. The zero-order chi connectivity index (χ0) is 31.3. The van der Waals surface area contributed by atoms with E-state index in [1.54, 1.807) is 15.9 Å². The number of benzene rings is 1. The van der Waals surface area contributed by atoms with E-state index in [1.807, 2.05) is 12.1 Å². The molecule has 0 radical (unpaired) electrons. The summed E-state index contributed by atoms with van der Waals surface area (Å²) in [5.74, 6) is -2.20. The Morgan fingerprint density at radius 3 is 1.79 bits per heavy atom. The molecule has 4 rings (SSSR count). The van der Waals surface area contributed by atoms with Crippen molar-refractivity contribution >= 4 is 23.8 Å². The molecule has 1 aromatic heterocycles. The Kier molecular flexibility index (Phi) is 9.94. The summed E-state index contributed by atoms with van der Waals surface area (Å²) in [4.78, 5) is 55.1. The monoisotopic (exact) mass is 599 g/mol. The fourth-order valence-corrected chi connectivity index (χ4v) is 4.92. The lowest BCUT2D eigenvalue weighted by Gasteiger charge is -2.16. The molecule has 232 valence electrons. The number of hydrogen-bond donors (Lipinski definition) is 2. The molecule has 0 unspecified atom stereocenters. The lowest BCUT2D eigenvalue weighted by Crippen LogP contribution is -2.28. The van der Waals surface area contributed by atoms with Crippen LogP contribution in [0.3, 0.4) is 0 Å². The summed E-state index contributed by atoms with van der Waals surface area (Å²) in [6.07, 6.45) is 0.370. The van der Waals surface area contributed by atoms with Crippen LogP contribution in [0.25, 0.3) is 0 Å². The topological polar surface area (TPSA) is 165 Å². The number of methoxy groups -OCH3 is 2. The molecule has 0 fully saturated rings. The average molecular weight is 600 g/mol. The Morgan fingerprint density at radius 2 is 1.23 bits per heavy atom. The zero-order valence-electron chi connectivity index (χ0n) is 24.8. The van der Waals surface area contributed by atoms with Crippen molar-refractivity contribution in [3.05, 3.63) is 40.6 Å². The molecule has 2 amide bonds. The van der Waals surface area contributed by atoms with Gasteiger partial charge in [0.05, 0.1) is 51.5 Å². The number of carbonyl (C=O) groups excluding carboxylic acids is 2. The van der Waals surface area contributed by atoms with E-state index in [4.69, 9.17) is 29.2 Å². The largest absolute Gasteiger partial charge is 0.493 e. The number of carbonyl (C=O) groups is 4. The SMILES string of the molecule is COc1cc2c(cc1OCCCOc1nc3c(cc1OC)CN(C(=O)C[C@H](C)C(=O)O)C3)CN(C(=O)C[C@H](C)C(=O)O)C2. The minimum Gasteiger partial charge on any atom is -0.493 e. The molecule has 2 aliphatic heterocycles. The van der Waals surface area contributed by atoms with Crippen LogP contribution in [0.15, 0.2) is 18.2 Å². The van der Waals surface area contributed by atoms with Gasteiger partial charge in [0, 0.05) is 38.9 Å². The van der Waals surface area contributed by atoms with Gasteiger partial charge in [-0.05, 0) is 34.9 Å². The summed E-state index contributed by atoms with van der Waals surface area (Å²) >= 11 is 0. The number of aliphatic carboxylic acids is 2. The molecular weight excluding hydrogens is 562 g/mol. The predicted octanol–water partition coefficient (Wildman–Crippen LogP) is 2.85. The molecule has 2 aliphatic rings. The highest BCUT2D eigenvalue weighted by Crippen LogP contribution is 2.36. The molecule has 13 nitrogen and oxygen atoms in total. The van der Waals surface area contributed by atoms with E-state index in [-0.39, 0.29) is 37.8 Å². The molecule has 2 aromatic rings. The highest BCUT2D eigenvalue weighted by molar-refractivity contribution is 5.83. The highest BCUT2D eigenvalue weighted by Gasteiger charge is 2.30. The first kappa shape index (κ1) is 31.4. The number of rotatable bonds is 14. The van der Waals surface area contributed by atoms with Crippen molar-refractivity contribution in [2.45, 2.75) is 59.3 Å². The van der Waals surface area contributed by atoms with Gasteiger partial charge in [-0.2, -0.15) is 0 Å². The summed E-state index contributed by atoms with van der Waals surface area (Å²) in [5.41, 5.74) is 3.34. The second kappa shape index (κ2) is 13.6. The number of carboxylic acid groups (broad SMARTS) is 2. The number of carboxylic acids is 2. The van der Waals surface area contributed by atoms with Gasteiger partial charge in [0.25, 0.3) is 5.88 Å². The minimum atomic E-state index is -1.01. The van der Waals surface area contributed by atoms with E-state index in [2.05, 4.69) is 4.98 Å². The Labute approximate surface area is 249 Å². The van der Waals surface area contributed by atoms with E-state index in [0.29, 0.717) is 61.5 Å². The molecule has 1 aromatic carbocycles. The van der Waals surface area contributed by atoms with E-state index in [1.165, 1.54) is 28.1 Å². The lowest BCUT2D eigenvalue weighted by molar-refractivity contribution is -0.145. The molecule has 0 saturated heterocycles. The maximum atomic E-state index is 12.6. The standard InChI is InChI=1S/C30H37N3O10/c1-17(29(36)37)8-26(34)32-13-19-10-23(40-3)24(11-20(19)14-32)42-6-5-7-43-28-25(41-4)12-21-15-33(16-22(21)31-28)27(35)9-18(2)30(38)39/h10-12,17-18H,5-9,13-16H2,1-4H3,(H,36,37)(H,38,39)/t17-,18-/m0/s1. The second-order valence-corrected chi connectivity index (χ2v) is 10.8. The summed E-state index contributed by atoms with van der Waals surface area (Å²) in [5, 5.41) is 18.2. The summed E-state index contributed by atoms with van der Waals surface area (Å²) in [6.45, 7) is 4.96. The second-order valence-electron chi connectivity index (χ2n) is 10.8. The maximum absolute atomic E-state index is 12.6. The van der Waals surface area contributed by atoms with E-state index in [9.17, 15) is 19.2 Å². The molecule has 43 heavy (non-hydrogen) atoms. The molecule has 0 bridgehead atoms. The van der Waals surface area contributed by atoms with Crippen molar-refractivity contribution in [3.8, 4) is 23.1 Å². The summed E-state index contributed by atoms with van der Waals surface area (Å²) in [7, 11) is 3.05. The van der Waals surface area contributed by atoms with Crippen LogP contribution in [0.1, 0.15) is 55.5 Å². The molecular formula is C30H37N3O10. The van der Waals surface area contributed by atoms with Crippen LogP contribution in [0, 0.1) is 11.8 Å². The lowest BCUT2D eigenvalue weighted by atomic mass is 10.1. The molecule has 0 spiro atoms. The number of pyridine rings is 1. The maximum Gasteiger partial charge on any atom is 0.306 e. The molecule has 13 heteroatoms. The van der Waals surface area contributed by atoms with Crippen molar-refractivity contribution in [3.63, 3.8) is 0 Å². The van der Waals surface area contributed by atoms with Gasteiger partial charge in [-0.15, -0.1) is 0 Å². The van der Waals surface area contributed by atoms with E-state index < -0.39 is 23.8 Å². The normalized spacial score (nSPS) is 14.9. The van der Waals surface area contributed by atoms with Crippen molar-refractivity contribution < 1.29 is 48.3 Å². The molecule has 0 aliphatic carbocycles. The van der Waals surface area contributed by atoms with Gasteiger partial charge in [0.15, 0.2) is 17.2 Å². The fourth-order valence-electron chi connectivity index (χ4n) is 4.92. The van der Waals surface area contributed by atoms with Crippen molar-refractivity contribution in [2.75, 3.05) is 27.4 Å². The van der Waals surface area contributed by atoms with Crippen molar-refractivity contribution in [1.82, 2.24) is 14.8 Å². The molecule has 3 heterocycles. The number of fused-ring (bicyclic) bond motifs is 2. The Bertz CT molecular complexity index is 1290. The van der Waals surface area contributed by atoms with Crippen LogP contribution in [0.2, 0.25) is 0 Å². The van der Waals surface area contributed by atoms with Crippen LogP contribution in [-0.2, 0) is 45.4 Å². The minimum absolute atomic E-state index is 0.0594. The Hall–Kier alpha value is -4.55. The van der Waals surface area contributed by atoms with Crippen LogP contribution in [-0.4, -0.2) is 76.2 Å². The quantitative estimate of drug-likeness (QED) is 0.307. The van der Waals surface area contributed by atoms with Crippen LogP contribution in [0.4, 0.5) is 0 Å². The number of ether oxygens (including phenoxy) is 4. The zero-order valence-corrected chi connectivity index (χ0v) is 24.8. The number of aromatic nitrogens is 1. The van der Waals surface area contributed by atoms with E-state index in [0.717, 1.165) is 16.7 Å². The van der Waals surface area contributed by atoms with Gasteiger partial charge < -0.3 is 39.0 Å². The van der Waals surface area contributed by atoms with Crippen molar-refractivity contribution in [2.24, 2.45) is 11.8 Å². The fraction of sp³-hybridized carbons (Fsp3) is 0.500. The van der Waals surface area contributed by atoms with E-state index >= 15 is 0 Å². The van der Waals surface area contributed by atoms with Crippen LogP contribution in [0.5, 0.6) is 23.1 Å². The van der Waals surface area contributed by atoms with Crippen LogP contribution < -0.4 is 18.9 Å². The predicted molar refractivity (Wildman–Crippen MR) is 151 cm³/mol. The first-order valence-electron chi connectivity index (χ1n) is 14.0. The third kappa shape index (κ3) is 7.46. The van der Waals surface area contributed by atoms with Gasteiger partial charge in [0.1, 0.15) is 0 Å². The Morgan fingerprint density at radius 1 is 0.744 bits per heavy atom. The van der Waals surface area contributed by atoms with Gasteiger partial charge in [-0.25, -0.2) is 4.98 Å². The van der Waals surface area contributed by atoms with Gasteiger partial charge in [-0.3, -0.25) is 19.2 Å². The summed E-state index contributed by atoms with van der Waals surface area (Å²) < 4.78 is 22.8. The molecule has 0 saturated carbocycles. The summed E-state index contributed by atoms with van der Waals surface area (Å²) in [6, 6.07) is 5.47. The van der Waals surface area contributed by atoms with Gasteiger partial charge in [-0.1, -0.05) is 13.8 Å². The third-order valence-electron chi connectivity index (χ3n) is 7.55. The molecule has 2 atom stereocenters. The Balaban J connectivity index is 1.30. The first-order valence-corrected chi connectivity index (χ1v) is 14.0. The first-order chi connectivity index (χ1) is 20.5. The molecule has 2 N–H and O–H groups in total. The van der Waals surface area contributed by atoms with Crippen molar-refractivity contribution in [1.29, 1.82) is 0 Å². The van der Waals surface area contributed by atoms with Gasteiger partial charge in [0.2, 0.25) is 11.8 Å². The highest BCUT2D eigenvalue weighted by atomic mass is 16.5. The number of nitrogens with zero attached hydrogens (tertiary/aromatic N) is 3. The average Bonchev–Trinajstić information content (AvgIpc) is 3.59. The number of amides is 2. The third-order valence-corrected chi connectivity index (χ3v) is 7.55. The van der Waals surface area contributed by atoms with Crippen LogP contribution >= 0.6 is 0 Å². The smallest absolute Gasteiger partial charge is 0.306 e.